The molecule has 0 aliphatic carbocycles. The van der Waals surface area contributed by atoms with Gasteiger partial charge in [-0.1, -0.05) is 20.8 Å². The van der Waals surface area contributed by atoms with Gasteiger partial charge in [-0.3, -0.25) is 14.4 Å². The Bertz CT molecular complexity index is 445. The van der Waals surface area contributed by atoms with Gasteiger partial charge in [0.2, 0.25) is 0 Å². The van der Waals surface area contributed by atoms with E-state index in [0.717, 1.165) is 0 Å². The fourth-order valence-electron chi connectivity index (χ4n) is 2.02. The summed E-state index contributed by atoms with van der Waals surface area (Å²) in [5.41, 5.74) is -0.797. The van der Waals surface area contributed by atoms with E-state index in [1.54, 1.807) is 42.2 Å². The highest BCUT2D eigenvalue weighted by Gasteiger charge is 2.31. The lowest BCUT2D eigenvalue weighted by molar-refractivity contribution is -0.160. The molecular weight excluding hydrogens is 432 g/mol. The largest absolute Gasteiger partial charge is 0.465 e. The quantitative estimate of drug-likeness (QED) is 0.261. The number of carbonyl (C=O) groups is 3. The molecule has 170 valence electrons. The molecule has 6 nitrogen and oxygen atoms in total. The summed E-state index contributed by atoms with van der Waals surface area (Å²) in [5.74, 6) is -0.951. The third-order valence-electron chi connectivity index (χ3n) is 4.31. The molecule has 0 aliphatic heterocycles. The molecule has 0 spiro atoms. The normalized spacial score (nSPS) is 16.2. The number of hydrogen-bond acceptors (Lipinski definition) is 9. The average molecular weight is 469 g/mol. The first-order valence-electron chi connectivity index (χ1n) is 9.60. The first-order chi connectivity index (χ1) is 13.5. The smallest absolute Gasteiger partial charge is 0.306 e. The fraction of sp³-hybridized carbons (Fsp3) is 0.850. The third kappa shape index (κ3) is 14.2. The molecule has 0 heterocycles. The lowest BCUT2D eigenvalue weighted by Gasteiger charge is -2.28. The van der Waals surface area contributed by atoms with Crippen molar-refractivity contribution in [2.75, 3.05) is 38.6 Å². The molecule has 0 radical (unpaired) electrons. The van der Waals surface area contributed by atoms with Crippen LogP contribution >= 0.6 is 35.3 Å². The number of hydrogen-bond donors (Lipinski definition) is 0. The number of carbonyl (C=O) groups excluding carboxylic acids is 3. The van der Waals surface area contributed by atoms with Crippen molar-refractivity contribution in [1.82, 2.24) is 0 Å². The maximum Gasteiger partial charge on any atom is 0.306 e. The van der Waals surface area contributed by atoms with Crippen LogP contribution in [0.25, 0.3) is 0 Å². The van der Waals surface area contributed by atoms with Crippen LogP contribution in [0.4, 0.5) is 0 Å². The molecule has 0 fully saturated rings. The molecule has 0 amide bonds. The van der Waals surface area contributed by atoms with Crippen molar-refractivity contribution >= 4 is 53.2 Å². The second kappa shape index (κ2) is 15.3. The van der Waals surface area contributed by atoms with E-state index in [4.69, 9.17) is 14.2 Å². The summed E-state index contributed by atoms with van der Waals surface area (Å²) in [6.45, 7) is 7.70. The van der Waals surface area contributed by atoms with Gasteiger partial charge in [0.1, 0.15) is 19.8 Å². The minimum absolute atomic E-state index is 0.0175. The highest BCUT2D eigenvalue weighted by Crippen LogP contribution is 2.22. The molecule has 0 aliphatic rings. The molecule has 0 N–H and O–H groups in total. The van der Waals surface area contributed by atoms with Gasteiger partial charge >= 0.3 is 17.9 Å². The van der Waals surface area contributed by atoms with Gasteiger partial charge in [-0.05, 0) is 25.7 Å². The van der Waals surface area contributed by atoms with E-state index in [0.29, 0.717) is 19.3 Å². The van der Waals surface area contributed by atoms with Crippen LogP contribution in [0, 0.1) is 5.41 Å². The Balaban J connectivity index is 4.84. The van der Waals surface area contributed by atoms with E-state index >= 15 is 0 Å². The molecule has 0 aromatic heterocycles. The van der Waals surface area contributed by atoms with Gasteiger partial charge in [-0.25, -0.2) is 0 Å². The van der Waals surface area contributed by atoms with Gasteiger partial charge in [-0.2, -0.15) is 35.3 Å². The standard InChI is InChI=1S/C20H36O6S3/c1-14(27-5)8-17(21)24-11-20(4,12-25-18(22)9-15(2)28-6)13-26-19(23)10-16(3)29-7/h14-16H,8-13H2,1-7H3. The van der Waals surface area contributed by atoms with Crippen molar-refractivity contribution in [2.45, 2.75) is 62.7 Å². The zero-order valence-electron chi connectivity index (χ0n) is 18.6. The van der Waals surface area contributed by atoms with Crippen LogP contribution in [0.3, 0.4) is 0 Å². The van der Waals surface area contributed by atoms with Crippen LogP contribution < -0.4 is 0 Å². The van der Waals surface area contributed by atoms with Gasteiger partial charge < -0.3 is 14.2 Å². The molecule has 0 saturated heterocycles. The van der Waals surface area contributed by atoms with Gasteiger partial charge in [-0.15, -0.1) is 0 Å². The van der Waals surface area contributed by atoms with E-state index in [9.17, 15) is 14.4 Å². The number of thioether (sulfide) groups is 3. The highest BCUT2D eigenvalue weighted by molar-refractivity contribution is 7.99. The molecule has 0 bridgehead atoms. The minimum atomic E-state index is -0.797. The molecular formula is C20H36O6S3. The topological polar surface area (TPSA) is 78.9 Å². The Morgan fingerprint density at radius 3 is 1.10 bits per heavy atom. The zero-order valence-corrected chi connectivity index (χ0v) is 21.1. The summed E-state index contributed by atoms with van der Waals surface area (Å²) in [6, 6.07) is 0. The van der Waals surface area contributed by atoms with Crippen LogP contribution in [-0.2, 0) is 28.6 Å². The van der Waals surface area contributed by atoms with E-state index in [2.05, 4.69) is 0 Å². The summed E-state index contributed by atoms with van der Waals surface area (Å²) >= 11 is 4.76. The Kier molecular flexibility index (Phi) is 15.0. The van der Waals surface area contributed by atoms with E-state index in [1.807, 2.05) is 39.5 Å². The highest BCUT2D eigenvalue weighted by atomic mass is 32.2. The van der Waals surface area contributed by atoms with Crippen molar-refractivity contribution in [2.24, 2.45) is 5.41 Å². The van der Waals surface area contributed by atoms with Gasteiger partial charge in [0.05, 0.1) is 24.7 Å². The second-order valence-electron chi connectivity index (χ2n) is 7.54. The molecule has 0 aromatic carbocycles. The van der Waals surface area contributed by atoms with E-state index in [1.165, 1.54) is 0 Å². The van der Waals surface area contributed by atoms with Crippen LogP contribution in [-0.4, -0.2) is 72.2 Å². The molecule has 0 rings (SSSR count). The molecule has 9 heteroatoms. The summed E-state index contributed by atoms with van der Waals surface area (Å²) < 4.78 is 16.2. The maximum absolute atomic E-state index is 12.0. The Morgan fingerprint density at radius 1 is 0.655 bits per heavy atom. The van der Waals surface area contributed by atoms with E-state index in [-0.39, 0.29) is 53.5 Å². The SMILES string of the molecule is CSC(C)CC(=O)OCC(C)(COC(=O)CC(C)SC)COC(=O)CC(C)SC. The molecule has 0 saturated carbocycles. The van der Waals surface area contributed by atoms with E-state index < -0.39 is 5.41 Å². The predicted molar refractivity (Wildman–Crippen MR) is 124 cm³/mol. The van der Waals surface area contributed by atoms with Crippen molar-refractivity contribution in [3.05, 3.63) is 0 Å². The fourth-order valence-corrected chi connectivity index (χ4v) is 2.93. The van der Waals surface area contributed by atoms with Gasteiger partial charge in [0.15, 0.2) is 0 Å². The lowest BCUT2D eigenvalue weighted by atomic mass is 9.94. The first kappa shape index (κ1) is 28.5. The van der Waals surface area contributed by atoms with Crippen molar-refractivity contribution in [3.8, 4) is 0 Å². The third-order valence-corrected chi connectivity index (χ3v) is 7.23. The molecule has 29 heavy (non-hydrogen) atoms. The Morgan fingerprint density at radius 2 is 0.897 bits per heavy atom. The van der Waals surface area contributed by atoms with Crippen molar-refractivity contribution in [3.63, 3.8) is 0 Å². The predicted octanol–water partition coefficient (Wildman–Crippen LogP) is 4.05. The molecule has 3 unspecified atom stereocenters. The summed E-state index contributed by atoms with van der Waals surface area (Å²) in [5, 5.41) is 0.474. The average Bonchev–Trinajstić information content (AvgIpc) is 2.69. The van der Waals surface area contributed by atoms with Gasteiger partial charge in [0, 0.05) is 15.7 Å². The number of ether oxygens (including phenoxy) is 3. The Labute approximate surface area is 188 Å². The molecule has 0 aromatic rings. The minimum Gasteiger partial charge on any atom is -0.465 e. The van der Waals surface area contributed by atoms with Gasteiger partial charge in [0.25, 0.3) is 0 Å². The number of rotatable bonds is 15. The Hall–Kier alpha value is -0.540. The van der Waals surface area contributed by atoms with Crippen LogP contribution in [0.5, 0.6) is 0 Å². The summed E-state index contributed by atoms with van der Waals surface area (Å²) in [4.78, 5) is 36.1. The van der Waals surface area contributed by atoms with Crippen LogP contribution in [0.15, 0.2) is 0 Å². The van der Waals surface area contributed by atoms with Crippen molar-refractivity contribution in [1.29, 1.82) is 0 Å². The number of esters is 3. The lowest BCUT2D eigenvalue weighted by Crippen LogP contribution is -2.37. The monoisotopic (exact) mass is 468 g/mol. The maximum atomic E-state index is 12.0. The summed E-state index contributed by atoms with van der Waals surface area (Å²) in [6.07, 6.45) is 6.71. The zero-order chi connectivity index (χ0) is 22.4. The van der Waals surface area contributed by atoms with Crippen molar-refractivity contribution < 1.29 is 28.6 Å². The second-order valence-corrected chi connectivity index (χ2v) is 11.4. The van der Waals surface area contributed by atoms with Crippen LogP contribution in [0.1, 0.15) is 47.0 Å². The first-order valence-corrected chi connectivity index (χ1v) is 13.5. The van der Waals surface area contributed by atoms with Crippen LogP contribution in [0.2, 0.25) is 0 Å². The molecule has 3 atom stereocenters. The summed E-state index contributed by atoms with van der Waals surface area (Å²) in [7, 11) is 0.